The standard InChI is InChI=1S/2C18H26O6/c19-12-5-1-3-10-17(21)23-15-8-7-9-16(14-15)24-18(22)11-4-2-6-13-20;19-13-5-1-3-7-17(21)23-15-9-11-16(12-10-15)24-18(22)8-4-2-6-14-20/h7-9,14,19-20H,1-6,10-13H2;9-12,19-20H,1-8,13-14H2. The third-order valence-electron chi connectivity index (χ3n) is 6.71. The van der Waals surface area contributed by atoms with Crippen molar-refractivity contribution in [2.45, 2.75) is 103 Å². The van der Waals surface area contributed by atoms with Gasteiger partial charge in [0.1, 0.15) is 23.0 Å². The van der Waals surface area contributed by atoms with Crippen molar-refractivity contribution >= 4 is 23.9 Å². The van der Waals surface area contributed by atoms with Crippen LogP contribution in [0.2, 0.25) is 0 Å². The zero-order chi connectivity index (χ0) is 35.2. The highest BCUT2D eigenvalue weighted by Gasteiger charge is 2.10. The molecule has 0 aromatic heterocycles. The van der Waals surface area contributed by atoms with Gasteiger partial charge in [0, 0.05) is 58.2 Å². The van der Waals surface area contributed by atoms with Crippen molar-refractivity contribution in [3.63, 3.8) is 0 Å². The Kier molecular flexibility index (Phi) is 24.8. The molecule has 12 heteroatoms. The normalized spacial score (nSPS) is 10.4. The van der Waals surface area contributed by atoms with Crippen LogP contribution in [0.3, 0.4) is 0 Å². The number of unbranched alkanes of at least 4 members (excludes halogenated alkanes) is 8. The van der Waals surface area contributed by atoms with Gasteiger partial charge in [0.05, 0.1) is 0 Å². The zero-order valence-corrected chi connectivity index (χ0v) is 27.8. The van der Waals surface area contributed by atoms with Crippen molar-refractivity contribution in [3.05, 3.63) is 48.5 Å². The zero-order valence-electron chi connectivity index (χ0n) is 27.8. The Balaban J connectivity index is 0.000000480. The van der Waals surface area contributed by atoms with Crippen molar-refractivity contribution < 1.29 is 58.6 Å². The first kappa shape index (κ1) is 42.2. The van der Waals surface area contributed by atoms with Gasteiger partial charge < -0.3 is 39.4 Å². The average molecular weight is 677 g/mol. The number of carbonyl (C=O) groups excluding carboxylic acids is 4. The molecule has 0 bridgehead atoms. The minimum atomic E-state index is -0.347. The van der Waals surface area contributed by atoms with Crippen LogP contribution in [0, 0.1) is 0 Å². The van der Waals surface area contributed by atoms with E-state index in [1.165, 1.54) is 6.07 Å². The summed E-state index contributed by atoms with van der Waals surface area (Å²) in [7, 11) is 0. The molecular formula is C36H52O12. The lowest BCUT2D eigenvalue weighted by atomic mass is 10.2. The topological polar surface area (TPSA) is 186 Å². The Morgan fingerprint density at radius 1 is 0.375 bits per heavy atom. The van der Waals surface area contributed by atoms with E-state index in [0.29, 0.717) is 87.2 Å². The van der Waals surface area contributed by atoms with E-state index in [2.05, 4.69) is 0 Å². The molecule has 0 unspecified atom stereocenters. The molecule has 0 spiro atoms. The van der Waals surface area contributed by atoms with E-state index in [4.69, 9.17) is 39.4 Å². The van der Waals surface area contributed by atoms with Crippen LogP contribution in [-0.4, -0.2) is 70.7 Å². The summed E-state index contributed by atoms with van der Waals surface area (Å²) in [5.74, 6) is 0.166. The molecule has 0 amide bonds. The molecule has 0 radical (unpaired) electrons. The smallest absolute Gasteiger partial charge is 0.311 e. The van der Waals surface area contributed by atoms with Crippen LogP contribution in [0.25, 0.3) is 0 Å². The third kappa shape index (κ3) is 22.6. The van der Waals surface area contributed by atoms with Crippen LogP contribution in [-0.2, 0) is 19.2 Å². The van der Waals surface area contributed by atoms with Crippen molar-refractivity contribution in [3.8, 4) is 23.0 Å². The van der Waals surface area contributed by atoms with Crippen LogP contribution in [0.1, 0.15) is 103 Å². The van der Waals surface area contributed by atoms with Crippen LogP contribution in [0.5, 0.6) is 23.0 Å². The van der Waals surface area contributed by atoms with E-state index in [1.807, 2.05) is 0 Å². The second-order valence-electron chi connectivity index (χ2n) is 11.0. The summed E-state index contributed by atoms with van der Waals surface area (Å²) in [5.41, 5.74) is 0. The molecule has 0 aliphatic heterocycles. The van der Waals surface area contributed by atoms with E-state index in [1.54, 1.807) is 42.5 Å². The molecule has 2 rings (SSSR count). The molecule has 268 valence electrons. The highest BCUT2D eigenvalue weighted by atomic mass is 16.6. The molecule has 2 aromatic rings. The SMILES string of the molecule is O=C(CCCCCO)Oc1ccc(OC(=O)CCCCCO)cc1.O=C(CCCCCO)Oc1cccc(OC(=O)CCCCCO)c1. The largest absolute Gasteiger partial charge is 0.427 e. The number of ether oxygens (including phenoxy) is 4. The van der Waals surface area contributed by atoms with E-state index >= 15 is 0 Å². The molecule has 0 fully saturated rings. The molecule has 4 N–H and O–H groups in total. The summed E-state index contributed by atoms with van der Waals surface area (Å²) in [6, 6.07) is 12.8. The van der Waals surface area contributed by atoms with Gasteiger partial charge in [-0.3, -0.25) is 19.2 Å². The Morgan fingerprint density at radius 2 is 0.646 bits per heavy atom. The summed E-state index contributed by atoms with van der Waals surface area (Å²) < 4.78 is 20.8. The summed E-state index contributed by atoms with van der Waals surface area (Å²) in [6.45, 7) is 0.526. The molecule has 2 aromatic carbocycles. The minimum Gasteiger partial charge on any atom is -0.427 e. The van der Waals surface area contributed by atoms with Crippen molar-refractivity contribution in [2.75, 3.05) is 26.4 Å². The maximum Gasteiger partial charge on any atom is 0.311 e. The summed E-state index contributed by atoms with van der Waals surface area (Å²) in [5, 5.41) is 34.7. The number of rotatable bonds is 24. The molecule has 48 heavy (non-hydrogen) atoms. The molecule has 0 aliphatic carbocycles. The highest BCUT2D eigenvalue weighted by Crippen LogP contribution is 2.21. The molecule has 12 nitrogen and oxygen atoms in total. The van der Waals surface area contributed by atoms with Gasteiger partial charge in [0.25, 0.3) is 0 Å². The molecular weight excluding hydrogens is 624 g/mol. The summed E-state index contributed by atoms with van der Waals surface area (Å²) in [4.78, 5) is 46.6. The van der Waals surface area contributed by atoms with Crippen molar-refractivity contribution in [1.29, 1.82) is 0 Å². The third-order valence-corrected chi connectivity index (χ3v) is 6.71. The number of aliphatic hydroxyl groups excluding tert-OH is 4. The van der Waals surface area contributed by atoms with Crippen LogP contribution < -0.4 is 18.9 Å². The minimum absolute atomic E-state index is 0.127. The first-order valence-corrected chi connectivity index (χ1v) is 16.8. The van der Waals surface area contributed by atoms with Crippen LogP contribution >= 0.6 is 0 Å². The van der Waals surface area contributed by atoms with Gasteiger partial charge in [-0.1, -0.05) is 31.7 Å². The summed E-state index contributed by atoms with van der Waals surface area (Å²) in [6.07, 6.45) is 9.77. The fourth-order valence-corrected chi connectivity index (χ4v) is 4.14. The molecule has 0 saturated heterocycles. The van der Waals surface area contributed by atoms with E-state index in [0.717, 1.165) is 25.7 Å². The van der Waals surface area contributed by atoms with E-state index < -0.39 is 0 Å². The number of esters is 4. The Bertz CT molecular complexity index is 1080. The van der Waals surface area contributed by atoms with Gasteiger partial charge in [-0.2, -0.15) is 0 Å². The van der Waals surface area contributed by atoms with E-state index in [-0.39, 0.29) is 63.1 Å². The average Bonchev–Trinajstić information content (AvgIpc) is 3.07. The molecule has 0 atom stereocenters. The molecule has 0 aliphatic rings. The number of aliphatic hydroxyl groups is 4. The second-order valence-corrected chi connectivity index (χ2v) is 11.0. The van der Waals surface area contributed by atoms with Crippen LogP contribution in [0.4, 0.5) is 0 Å². The Labute approximate surface area is 283 Å². The van der Waals surface area contributed by atoms with Gasteiger partial charge in [-0.15, -0.1) is 0 Å². The monoisotopic (exact) mass is 676 g/mol. The Morgan fingerprint density at radius 3 is 0.917 bits per heavy atom. The number of carbonyl (C=O) groups is 4. The fourth-order valence-electron chi connectivity index (χ4n) is 4.14. The van der Waals surface area contributed by atoms with E-state index in [9.17, 15) is 19.2 Å². The summed E-state index contributed by atoms with van der Waals surface area (Å²) >= 11 is 0. The van der Waals surface area contributed by atoms with Crippen LogP contribution in [0.15, 0.2) is 48.5 Å². The maximum absolute atomic E-state index is 11.7. The number of hydrogen-bond donors (Lipinski definition) is 4. The first-order chi connectivity index (χ1) is 23.3. The molecule has 0 saturated carbocycles. The first-order valence-electron chi connectivity index (χ1n) is 16.8. The quantitative estimate of drug-likeness (QED) is 0.0647. The lowest BCUT2D eigenvalue weighted by molar-refractivity contribution is -0.135. The predicted molar refractivity (Wildman–Crippen MR) is 178 cm³/mol. The maximum atomic E-state index is 11.7. The highest BCUT2D eigenvalue weighted by molar-refractivity contribution is 5.74. The number of hydrogen-bond acceptors (Lipinski definition) is 12. The van der Waals surface area contributed by atoms with Gasteiger partial charge in [-0.05, 0) is 87.8 Å². The molecule has 0 heterocycles. The lowest BCUT2D eigenvalue weighted by Gasteiger charge is -2.07. The van der Waals surface area contributed by atoms with Gasteiger partial charge in [-0.25, -0.2) is 0 Å². The van der Waals surface area contributed by atoms with Gasteiger partial charge in [0.15, 0.2) is 0 Å². The number of benzene rings is 2. The second kappa shape index (κ2) is 28.2. The Hall–Kier alpha value is -3.84. The van der Waals surface area contributed by atoms with Gasteiger partial charge in [0.2, 0.25) is 0 Å². The van der Waals surface area contributed by atoms with Crippen molar-refractivity contribution in [1.82, 2.24) is 0 Å². The van der Waals surface area contributed by atoms with Crippen molar-refractivity contribution in [2.24, 2.45) is 0 Å². The fraction of sp³-hybridized carbons (Fsp3) is 0.556. The predicted octanol–water partition coefficient (Wildman–Crippen LogP) is 5.21. The lowest BCUT2D eigenvalue weighted by Crippen LogP contribution is -2.09. The van der Waals surface area contributed by atoms with Gasteiger partial charge >= 0.3 is 23.9 Å².